The van der Waals surface area contributed by atoms with E-state index in [1.165, 1.54) is 19.3 Å². The van der Waals surface area contributed by atoms with Gasteiger partial charge in [0.25, 0.3) is 0 Å². The molecule has 4 nitrogen and oxygen atoms in total. The Morgan fingerprint density at radius 1 is 1.53 bits per heavy atom. The lowest BCUT2D eigenvalue weighted by atomic mass is 10.1. The fourth-order valence-electron chi connectivity index (χ4n) is 2.55. The molecule has 1 aliphatic rings. The average Bonchev–Trinajstić information content (AvgIpc) is 2.69. The van der Waals surface area contributed by atoms with Crippen LogP contribution in [0.25, 0.3) is 0 Å². The van der Waals surface area contributed by atoms with E-state index >= 15 is 0 Å². The fourth-order valence-corrected chi connectivity index (χ4v) is 2.55. The first kappa shape index (κ1) is 10.3. The average molecular weight is 208 g/mol. The van der Waals surface area contributed by atoms with Crippen molar-refractivity contribution >= 4 is 11.5 Å². The van der Waals surface area contributed by atoms with Gasteiger partial charge in [0.15, 0.2) is 5.82 Å². The van der Waals surface area contributed by atoms with E-state index < -0.39 is 0 Å². The summed E-state index contributed by atoms with van der Waals surface area (Å²) in [6, 6.07) is 1.17. The molecule has 1 fully saturated rings. The van der Waals surface area contributed by atoms with Crippen molar-refractivity contribution in [2.75, 3.05) is 10.6 Å². The summed E-state index contributed by atoms with van der Waals surface area (Å²) in [6.07, 6.45) is 5.55. The first-order valence-corrected chi connectivity index (χ1v) is 5.71. The van der Waals surface area contributed by atoms with Gasteiger partial charge in [0.2, 0.25) is 0 Å². The molecule has 15 heavy (non-hydrogen) atoms. The zero-order valence-electron chi connectivity index (χ0n) is 9.77. The van der Waals surface area contributed by atoms with Crippen molar-refractivity contribution in [2.24, 2.45) is 7.05 Å². The summed E-state index contributed by atoms with van der Waals surface area (Å²) in [5.41, 5.74) is 6.77. The molecule has 0 saturated carbocycles. The van der Waals surface area contributed by atoms with Crippen LogP contribution in [0.15, 0.2) is 6.20 Å². The molecule has 1 aromatic rings. The standard InChI is InChI=1S/C11H20N4/c1-4-9-6-5-8(2)15(9)11-10(12)7-14(3)13-11/h7-9H,4-6,12H2,1-3H3. The number of aromatic nitrogens is 2. The van der Waals surface area contributed by atoms with Crippen LogP contribution in [-0.2, 0) is 7.05 Å². The molecule has 84 valence electrons. The molecule has 0 amide bonds. The van der Waals surface area contributed by atoms with Crippen LogP contribution in [0.2, 0.25) is 0 Å². The fraction of sp³-hybridized carbons (Fsp3) is 0.727. The molecule has 2 rings (SSSR count). The highest BCUT2D eigenvalue weighted by Crippen LogP contribution is 2.33. The summed E-state index contributed by atoms with van der Waals surface area (Å²) < 4.78 is 1.79. The lowest BCUT2D eigenvalue weighted by molar-refractivity contribution is 0.613. The number of nitrogens with two attached hydrogens (primary N) is 1. The molecule has 4 heteroatoms. The number of aryl methyl sites for hydroxylation is 1. The van der Waals surface area contributed by atoms with Gasteiger partial charge >= 0.3 is 0 Å². The maximum absolute atomic E-state index is 5.98. The molecule has 2 unspecified atom stereocenters. The maximum Gasteiger partial charge on any atom is 0.174 e. The summed E-state index contributed by atoms with van der Waals surface area (Å²) in [5, 5.41) is 4.46. The largest absolute Gasteiger partial charge is 0.394 e. The molecule has 1 aliphatic heterocycles. The summed E-state index contributed by atoms with van der Waals surface area (Å²) >= 11 is 0. The SMILES string of the molecule is CCC1CCC(C)N1c1nn(C)cc1N. The van der Waals surface area contributed by atoms with Gasteiger partial charge < -0.3 is 10.6 Å². The minimum absolute atomic E-state index is 0.562. The number of nitrogens with zero attached hydrogens (tertiary/aromatic N) is 3. The highest BCUT2D eigenvalue weighted by molar-refractivity contribution is 5.63. The van der Waals surface area contributed by atoms with E-state index in [0.717, 1.165) is 11.5 Å². The summed E-state index contributed by atoms with van der Waals surface area (Å²) in [6.45, 7) is 4.48. The van der Waals surface area contributed by atoms with Gasteiger partial charge in [0.1, 0.15) is 0 Å². The highest BCUT2D eigenvalue weighted by atomic mass is 15.4. The van der Waals surface area contributed by atoms with Crippen LogP contribution in [0.5, 0.6) is 0 Å². The summed E-state index contributed by atoms with van der Waals surface area (Å²) in [7, 11) is 1.92. The molecule has 0 bridgehead atoms. The van der Waals surface area contributed by atoms with Gasteiger partial charge in [-0.1, -0.05) is 6.92 Å². The summed E-state index contributed by atoms with van der Waals surface area (Å²) in [4.78, 5) is 2.38. The minimum atomic E-state index is 0.562. The molecule has 0 radical (unpaired) electrons. The molecule has 0 aliphatic carbocycles. The monoisotopic (exact) mass is 208 g/mol. The van der Waals surface area contributed by atoms with E-state index in [2.05, 4.69) is 23.8 Å². The van der Waals surface area contributed by atoms with Crippen LogP contribution in [-0.4, -0.2) is 21.9 Å². The van der Waals surface area contributed by atoms with E-state index in [0.29, 0.717) is 12.1 Å². The Kier molecular flexibility index (Phi) is 2.59. The first-order valence-electron chi connectivity index (χ1n) is 5.71. The number of anilines is 2. The zero-order chi connectivity index (χ0) is 11.0. The Bertz CT molecular complexity index is 344. The third-order valence-corrected chi connectivity index (χ3v) is 3.34. The van der Waals surface area contributed by atoms with Crippen molar-refractivity contribution in [3.63, 3.8) is 0 Å². The Hall–Kier alpha value is -1.19. The predicted octanol–water partition coefficient (Wildman–Crippen LogP) is 1.77. The maximum atomic E-state index is 5.98. The van der Waals surface area contributed by atoms with Crippen molar-refractivity contribution in [1.82, 2.24) is 9.78 Å². The van der Waals surface area contributed by atoms with Crippen LogP contribution in [0, 0.1) is 0 Å². The van der Waals surface area contributed by atoms with E-state index in [4.69, 9.17) is 5.73 Å². The predicted molar refractivity (Wildman–Crippen MR) is 62.9 cm³/mol. The number of hydrogen-bond donors (Lipinski definition) is 1. The van der Waals surface area contributed by atoms with Gasteiger partial charge in [-0.25, -0.2) is 0 Å². The van der Waals surface area contributed by atoms with Crippen molar-refractivity contribution in [3.8, 4) is 0 Å². The normalized spacial score (nSPS) is 26.2. The molecule has 2 N–H and O–H groups in total. The van der Waals surface area contributed by atoms with Gasteiger partial charge in [-0.15, -0.1) is 0 Å². The quantitative estimate of drug-likeness (QED) is 0.805. The second kappa shape index (κ2) is 3.76. The molecule has 2 atom stereocenters. The molecule has 1 saturated heterocycles. The van der Waals surface area contributed by atoms with Crippen LogP contribution in [0.4, 0.5) is 11.5 Å². The van der Waals surface area contributed by atoms with Crippen LogP contribution >= 0.6 is 0 Å². The van der Waals surface area contributed by atoms with Crippen LogP contribution < -0.4 is 10.6 Å². The Morgan fingerprint density at radius 3 is 2.80 bits per heavy atom. The third-order valence-electron chi connectivity index (χ3n) is 3.34. The van der Waals surface area contributed by atoms with E-state index in [-0.39, 0.29) is 0 Å². The Labute approximate surface area is 91.1 Å². The number of hydrogen-bond acceptors (Lipinski definition) is 3. The van der Waals surface area contributed by atoms with Gasteiger partial charge in [-0.05, 0) is 26.2 Å². The van der Waals surface area contributed by atoms with E-state index in [1.54, 1.807) is 4.68 Å². The van der Waals surface area contributed by atoms with Crippen molar-refractivity contribution in [2.45, 2.75) is 45.2 Å². The Morgan fingerprint density at radius 2 is 2.27 bits per heavy atom. The van der Waals surface area contributed by atoms with E-state index in [9.17, 15) is 0 Å². The van der Waals surface area contributed by atoms with Crippen molar-refractivity contribution in [3.05, 3.63) is 6.20 Å². The Balaban J connectivity index is 2.31. The topological polar surface area (TPSA) is 47.1 Å². The zero-order valence-corrected chi connectivity index (χ0v) is 9.77. The third kappa shape index (κ3) is 1.68. The second-order valence-electron chi connectivity index (χ2n) is 4.48. The van der Waals surface area contributed by atoms with Gasteiger partial charge in [0, 0.05) is 25.3 Å². The summed E-state index contributed by atoms with van der Waals surface area (Å²) in [5.74, 6) is 0.967. The molecular formula is C11H20N4. The van der Waals surface area contributed by atoms with E-state index in [1.807, 2.05) is 13.2 Å². The van der Waals surface area contributed by atoms with Crippen LogP contribution in [0.3, 0.4) is 0 Å². The molecule has 2 heterocycles. The van der Waals surface area contributed by atoms with Gasteiger partial charge in [-0.3, -0.25) is 4.68 Å². The second-order valence-corrected chi connectivity index (χ2v) is 4.48. The van der Waals surface area contributed by atoms with Crippen molar-refractivity contribution in [1.29, 1.82) is 0 Å². The molecule has 0 aromatic carbocycles. The van der Waals surface area contributed by atoms with Crippen molar-refractivity contribution < 1.29 is 0 Å². The van der Waals surface area contributed by atoms with Gasteiger partial charge in [0.05, 0.1) is 5.69 Å². The number of nitrogen functional groups attached to an aromatic ring is 1. The lowest BCUT2D eigenvalue weighted by Crippen LogP contribution is -2.35. The highest BCUT2D eigenvalue weighted by Gasteiger charge is 2.32. The van der Waals surface area contributed by atoms with Gasteiger partial charge in [-0.2, -0.15) is 5.10 Å². The number of rotatable bonds is 2. The first-order chi connectivity index (χ1) is 7.13. The molecular weight excluding hydrogens is 188 g/mol. The molecule has 1 aromatic heterocycles. The lowest BCUT2D eigenvalue weighted by Gasteiger charge is -2.28. The minimum Gasteiger partial charge on any atom is -0.394 e. The smallest absolute Gasteiger partial charge is 0.174 e. The molecule has 0 spiro atoms. The van der Waals surface area contributed by atoms with Crippen LogP contribution in [0.1, 0.15) is 33.1 Å².